The van der Waals surface area contributed by atoms with E-state index in [1.165, 1.54) is 0 Å². The van der Waals surface area contributed by atoms with Crippen molar-refractivity contribution in [3.8, 4) is 0 Å². The molecule has 128 valence electrons. The number of hydrogen-bond donors (Lipinski definition) is 2. The van der Waals surface area contributed by atoms with Gasteiger partial charge in [0, 0.05) is 6.61 Å². The predicted octanol–water partition coefficient (Wildman–Crippen LogP) is 2.19. The highest BCUT2D eigenvalue weighted by molar-refractivity contribution is 5.73. The third-order valence-electron chi connectivity index (χ3n) is 2.80. The van der Waals surface area contributed by atoms with Gasteiger partial charge in [0.05, 0.1) is 6.54 Å². The van der Waals surface area contributed by atoms with Crippen molar-refractivity contribution in [3.05, 3.63) is 35.9 Å². The molecule has 0 heterocycles. The summed E-state index contributed by atoms with van der Waals surface area (Å²) in [5.41, 5.74) is 0.00539. The van der Waals surface area contributed by atoms with Crippen molar-refractivity contribution in [2.45, 2.75) is 45.4 Å². The Morgan fingerprint density at radius 1 is 1.22 bits per heavy atom. The molecule has 0 saturated carbocycles. The van der Waals surface area contributed by atoms with Crippen LogP contribution in [0.25, 0.3) is 0 Å². The largest absolute Gasteiger partial charge is 0.528 e. The van der Waals surface area contributed by atoms with Crippen LogP contribution in [0, 0.1) is 0 Å². The quantitative estimate of drug-likeness (QED) is 0.586. The van der Waals surface area contributed by atoms with Crippen molar-refractivity contribution in [3.63, 3.8) is 0 Å². The molecule has 2 N–H and O–H groups in total. The van der Waals surface area contributed by atoms with Gasteiger partial charge in [0.2, 0.25) is 0 Å². The van der Waals surface area contributed by atoms with Crippen LogP contribution in [0.4, 0.5) is 4.79 Å². The summed E-state index contributed by atoms with van der Waals surface area (Å²) in [4.78, 5) is 28.3. The van der Waals surface area contributed by atoms with E-state index in [9.17, 15) is 14.7 Å². The molecule has 7 nitrogen and oxygen atoms in total. The third kappa shape index (κ3) is 7.12. The minimum Gasteiger partial charge on any atom is -0.480 e. The number of rotatable bonds is 7. The first-order chi connectivity index (χ1) is 10.7. The van der Waals surface area contributed by atoms with Gasteiger partial charge in [-0.2, -0.15) is 0 Å². The van der Waals surface area contributed by atoms with Crippen LogP contribution in [-0.2, 0) is 20.9 Å². The van der Waals surface area contributed by atoms with E-state index in [0.717, 1.165) is 10.6 Å². The Balaban J connectivity index is 2.90. The van der Waals surface area contributed by atoms with Gasteiger partial charge in [-0.1, -0.05) is 30.3 Å². The fraction of sp³-hybridized carbons (Fsp3) is 0.500. The predicted molar refractivity (Wildman–Crippen MR) is 82.4 cm³/mol. The van der Waals surface area contributed by atoms with E-state index in [1.54, 1.807) is 45.0 Å². The highest BCUT2D eigenvalue weighted by atomic mass is 16.8. The van der Waals surface area contributed by atoms with Crippen molar-refractivity contribution < 1.29 is 29.4 Å². The van der Waals surface area contributed by atoms with Crippen LogP contribution in [-0.4, -0.2) is 45.7 Å². The van der Waals surface area contributed by atoms with Crippen molar-refractivity contribution in [2.24, 2.45) is 0 Å². The van der Waals surface area contributed by atoms with Gasteiger partial charge in [-0.05, 0) is 32.8 Å². The number of aliphatic carboxylic acids is 1. The van der Waals surface area contributed by atoms with Gasteiger partial charge in [-0.3, -0.25) is 4.79 Å². The van der Waals surface area contributed by atoms with Crippen LogP contribution in [0.15, 0.2) is 30.3 Å². The van der Waals surface area contributed by atoms with Gasteiger partial charge in [-0.25, -0.2) is 4.79 Å². The molecule has 7 heteroatoms. The number of carbonyl (C=O) groups is 2. The number of carboxylic acids is 1. The second-order valence-corrected chi connectivity index (χ2v) is 5.98. The number of hydrogen-bond acceptors (Lipinski definition) is 6. The second-order valence-electron chi connectivity index (χ2n) is 5.98. The summed E-state index contributed by atoms with van der Waals surface area (Å²) in [6.07, 6.45) is -1.07. The van der Waals surface area contributed by atoms with Crippen molar-refractivity contribution in [1.29, 1.82) is 0 Å². The molecular weight excluding hydrogens is 302 g/mol. The maximum Gasteiger partial charge on any atom is 0.528 e. The van der Waals surface area contributed by atoms with E-state index in [2.05, 4.69) is 0 Å². The number of aliphatic hydroxyl groups excluding tert-OH is 1. The zero-order valence-electron chi connectivity index (χ0n) is 13.6. The minimum absolute atomic E-state index is 0.0665. The van der Waals surface area contributed by atoms with E-state index in [4.69, 9.17) is 14.7 Å². The first-order valence-electron chi connectivity index (χ1n) is 7.28. The Kier molecular flexibility index (Phi) is 6.99. The van der Waals surface area contributed by atoms with E-state index >= 15 is 0 Å². The molecule has 0 radical (unpaired) electrons. The lowest BCUT2D eigenvalue weighted by Crippen LogP contribution is -2.43. The summed E-state index contributed by atoms with van der Waals surface area (Å²) in [6.45, 7) is 4.76. The summed E-state index contributed by atoms with van der Waals surface area (Å²) in [7, 11) is 0. The third-order valence-corrected chi connectivity index (χ3v) is 2.80. The minimum atomic E-state index is -1.20. The topological polar surface area (TPSA) is 96.3 Å². The Morgan fingerprint density at radius 3 is 2.30 bits per heavy atom. The smallest absolute Gasteiger partial charge is 0.480 e. The summed E-state index contributed by atoms with van der Waals surface area (Å²) < 4.78 is 5.06. The Hall–Kier alpha value is -2.12. The van der Waals surface area contributed by atoms with Crippen LogP contribution >= 0.6 is 0 Å². The molecule has 0 aliphatic rings. The zero-order valence-corrected chi connectivity index (χ0v) is 13.6. The first kappa shape index (κ1) is 18.9. The Labute approximate surface area is 135 Å². The van der Waals surface area contributed by atoms with Crippen LogP contribution in [0.3, 0.4) is 0 Å². The van der Waals surface area contributed by atoms with Crippen LogP contribution < -0.4 is 0 Å². The summed E-state index contributed by atoms with van der Waals surface area (Å²) in [5, 5.41) is 19.4. The number of nitrogens with zero attached hydrogens (tertiary/aromatic N) is 1. The molecule has 0 aromatic heterocycles. The molecular formula is C16H23NO6. The highest BCUT2D eigenvalue weighted by Gasteiger charge is 2.30. The monoisotopic (exact) mass is 325 g/mol. The number of benzene rings is 1. The van der Waals surface area contributed by atoms with Gasteiger partial charge >= 0.3 is 12.1 Å². The molecule has 0 spiro atoms. The molecule has 0 aliphatic carbocycles. The lowest BCUT2D eigenvalue weighted by molar-refractivity contribution is -0.190. The molecule has 0 unspecified atom stereocenters. The number of ether oxygens (including phenoxy) is 1. The Bertz CT molecular complexity index is 511. The molecule has 0 fully saturated rings. The van der Waals surface area contributed by atoms with Gasteiger partial charge in [0.25, 0.3) is 0 Å². The fourth-order valence-corrected chi connectivity index (χ4v) is 1.85. The molecule has 0 bridgehead atoms. The fourth-order valence-electron chi connectivity index (χ4n) is 1.85. The van der Waals surface area contributed by atoms with E-state index in [1.807, 2.05) is 6.07 Å². The average molecular weight is 325 g/mol. The molecule has 0 saturated heterocycles. The molecule has 23 heavy (non-hydrogen) atoms. The maximum atomic E-state index is 11.8. The van der Waals surface area contributed by atoms with E-state index in [0.29, 0.717) is 0 Å². The number of carbonyl (C=O) groups excluding carboxylic acids is 1. The van der Waals surface area contributed by atoms with Gasteiger partial charge in [0.1, 0.15) is 11.6 Å². The zero-order chi connectivity index (χ0) is 17.5. The number of hydroxylamine groups is 2. The lowest BCUT2D eigenvalue weighted by atomic mass is 10.1. The number of aliphatic hydroxyl groups is 1. The first-order valence-corrected chi connectivity index (χ1v) is 7.28. The van der Waals surface area contributed by atoms with E-state index in [-0.39, 0.29) is 19.6 Å². The SMILES string of the molecule is CC(C)(C)OC(=O)ON(Cc1ccccc1)[C@@H](CCO)C(=O)O. The maximum absolute atomic E-state index is 11.8. The molecule has 1 aromatic rings. The van der Waals surface area contributed by atoms with Crippen LogP contribution in [0.1, 0.15) is 32.8 Å². The summed E-state index contributed by atoms with van der Waals surface area (Å²) >= 11 is 0. The second kappa shape index (κ2) is 8.50. The van der Waals surface area contributed by atoms with E-state index < -0.39 is 23.8 Å². The lowest BCUT2D eigenvalue weighted by Gasteiger charge is -2.28. The van der Waals surface area contributed by atoms with Crippen LogP contribution in [0.2, 0.25) is 0 Å². The van der Waals surface area contributed by atoms with Gasteiger partial charge in [0.15, 0.2) is 0 Å². The molecule has 0 aliphatic heterocycles. The molecule has 0 amide bonds. The van der Waals surface area contributed by atoms with Crippen molar-refractivity contribution in [1.82, 2.24) is 5.06 Å². The Morgan fingerprint density at radius 2 is 1.83 bits per heavy atom. The van der Waals surface area contributed by atoms with Gasteiger partial charge < -0.3 is 19.8 Å². The summed E-state index contributed by atoms with van der Waals surface area (Å²) in [6, 6.07) is 7.80. The molecule has 1 aromatic carbocycles. The highest BCUT2D eigenvalue weighted by Crippen LogP contribution is 2.15. The van der Waals surface area contributed by atoms with Crippen molar-refractivity contribution >= 4 is 12.1 Å². The average Bonchev–Trinajstić information content (AvgIpc) is 2.42. The molecule has 1 atom stereocenters. The van der Waals surface area contributed by atoms with Gasteiger partial charge in [-0.15, -0.1) is 5.06 Å². The standard InChI is InChI=1S/C16H23NO6/c1-16(2,3)22-15(21)23-17(13(9-10-18)14(19)20)11-12-7-5-4-6-8-12/h4-8,13,18H,9-11H2,1-3H3,(H,19,20)/t13-/m0/s1. The molecule has 1 rings (SSSR count). The number of carboxylic acid groups (broad SMARTS) is 1. The summed E-state index contributed by atoms with van der Waals surface area (Å²) in [5.74, 6) is -1.20. The normalized spacial score (nSPS) is 12.7. The van der Waals surface area contributed by atoms with Crippen molar-refractivity contribution in [2.75, 3.05) is 6.61 Å². The van der Waals surface area contributed by atoms with Crippen LogP contribution in [0.5, 0.6) is 0 Å².